The van der Waals surface area contributed by atoms with Crippen molar-refractivity contribution in [1.82, 2.24) is 9.88 Å². The van der Waals surface area contributed by atoms with Gasteiger partial charge in [-0.25, -0.2) is 4.98 Å². The van der Waals surface area contributed by atoms with Crippen LogP contribution in [-0.4, -0.2) is 49.7 Å². The van der Waals surface area contributed by atoms with Crippen LogP contribution in [-0.2, 0) is 0 Å². The first-order chi connectivity index (χ1) is 9.08. The topological polar surface area (TPSA) is 31.4 Å². The Labute approximate surface area is 117 Å². The highest BCUT2D eigenvalue weighted by Crippen LogP contribution is 2.17. The lowest BCUT2D eigenvalue weighted by molar-refractivity contribution is 0.372. The molecule has 0 bridgehead atoms. The van der Waals surface area contributed by atoms with E-state index in [0.717, 1.165) is 37.7 Å². The first-order valence-electron chi connectivity index (χ1n) is 7.20. The Morgan fingerprint density at radius 3 is 2.58 bits per heavy atom. The molecule has 0 fully saturated rings. The van der Waals surface area contributed by atoms with Crippen LogP contribution < -0.4 is 10.2 Å². The summed E-state index contributed by atoms with van der Waals surface area (Å²) < 4.78 is 0. The summed E-state index contributed by atoms with van der Waals surface area (Å²) in [5, 5.41) is 3.35. The molecule has 4 nitrogen and oxygen atoms in total. The van der Waals surface area contributed by atoms with Crippen LogP contribution in [0.1, 0.15) is 27.2 Å². The lowest BCUT2D eigenvalue weighted by Gasteiger charge is -2.31. The second kappa shape index (κ2) is 8.00. The summed E-state index contributed by atoms with van der Waals surface area (Å²) in [4.78, 5) is 9.27. The third kappa shape index (κ3) is 5.07. The molecule has 0 aliphatic rings. The fourth-order valence-electron chi connectivity index (χ4n) is 2.26. The van der Waals surface area contributed by atoms with E-state index in [0.29, 0.717) is 6.04 Å². The quantitative estimate of drug-likeness (QED) is 0.782. The molecular formula is C15H28N4. The maximum Gasteiger partial charge on any atom is 0.131 e. The van der Waals surface area contributed by atoms with Crippen LogP contribution in [0.4, 0.5) is 11.6 Å². The van der Waals surface area contributed by atoms with Gasteiger partial charge in [-0.3, -0.25) is 0 Å². The number of rotatable bonds is 8. The summed E-state index contributed by atoms with van der Waals surface area (Å²) in [6.45, 7) is 9.56. The zero-order valence-electron chi connectivity index (χ0n) is 13.0. The van der Waals surface area contributed by atoms with Crippen molar-refractivity contribution in [3.05, 3.63) is 18.2 Å². The monoisotopic (exact) mass is 264 g/mol. The Morgan fingerprint density at radius 2 is 2.00 bits per heavy atom. The first-order valence-corrected chi connectivity index (χ1v) is 7.20. The van der Waals surface area contributed by atoms with Gasteiger partial charge in [0.15, 0.2) is 0 Å². The minimum absolute atomic E-state index is 0.453. The van der Waals surface area contributed by atoms with E-state index < -0.39 is 0 Å². The first kappa shape index (κ1) is 15.8. The Morgan fingerprint density at radius 1 is 1.26 bits per heavy atom. The van der Waals surface area contributed by atoms with Crippen molar-refractivity contribution < 1.29 is 0 Å². The molecule has 0 aliphatic carbocycles. The minimum atomic E-state index is 0.453. The largest absolute Gasteiger partial charge is 0.370 e. The van der Waals surface area contributed by atoms with Gasteiger partial charge in [-0.05, 0) is 46.5 Å². The van der Waals surface area contributed by atoms with Gasteiger partial charge in [-0.1, -0.05) is 13.0 Å². The van der Waals surface area contributed by atoms with Crippen LogP contribution in [0, 0.1) is 0 Å². The van der Waals surface area contributed by atoms with E-state index in [-0.39, 0.29) is 0 Å². The van der Waals surface area contributed by atoms with E-state index >= 15 is 0 Å². The highest BCUT2D eigenvalue weighted by atomic mass is 15.2. The van der Waals surface area contributed by atoms with Crippen molar-refractivity contribution >= 4 is 11.6 Å². The normalized spacial score (nSPS) is 12.5. The summed E-state index contributed by atoms with van der Waals surface area (Å²) in [5.41, 5.74) is 0. The van der Waals surface area contributed by atoms with Crippen LogP contribution >= 0.6 is 0 Å². The van der Waals surface area contributed by atoms with Crippen molar-refractivity contribution in [3.8, 4) is 0 Å². The molecule has 108 valence electrons. The average molecular weight is 264 g/mol. The van der Waals surface area contributed by atoms with Crippen molar-refractivity contribution in [3.63, 3.8) is 0 Å². The molecule has 4 heteroatoms. The molecule has 1 rings (SSSR count). The van der Waals surface area contributed by atoms with Gasteiger partial charge in [-0.15, -0.1) is 0 Å². The Balaban J connectivity index is 2.79. The van der Waals surface area contributed by atoms with Crippen molar-refractivity contribution in [2.24, 2.45) is 0 Å². The molecule has 0 saturated heterocycles. The zero-order chi connectivity index (χ0) is 14.3. The van der Waals surface area contributed by atoms with Crippen LogP contribution in [0.2, 0.25) is 0 Å². The van der Waals surface area contributed by atoms with E-state index in [9.17, 15) is 0 Å². The number of hydrogen-bond acceptors (Lipinski definition) is 4. The van der Waals surface area contributed by atoms with Gasteiger partial charge in [0.05, 0.1) is 0 Å². The van der Waals surface area contributed by atoms with Crippen LogP contribution in [0.5, 0.6) is 0 Å². The number of nitrogens with zero attached hydrogens (tertiary/aromatic N) is 3. The molecule has 1 aromatic rings. The van der Waals surface area contributed by atoms with Crippen molar-refractivity contribution in [2.75, 3.05) is 43.9 Å². The molecule has 0 aromatic carbocycles. The highest BCUT2D eigenvalue weighted by Gasteiger charge is 2.14. The number of aromatic nitrogens is 1. The predicted octanol–water partition coefficient (Wildman–Crippen LogP) is 2.68. The number of hydrogen-bond donors (Lipinski definition) is 1. The third-order valence-corrected chi connectivity index (χ3v) is 3.09. The van der Waals surface area contributed by atoms with E-state index in [2.05, 4.69) is 62.1 Å². The van der Waals surface area contributed by atoms with E-state index in [1.807, 2.05) is 6.07 Å². The molecule has 0 amide bonds. The van der Waals surface area contributed by atoms with Gasteiger partial charge in [0.1, 0.15) is 11.6 Å². The zero-order valence-corrected chi connectivity index (χ0v) is 13.0. The van der Waals surface area contributed by atoms with Gasteiger partial charge in [0.25, 0.3) is 0 Å². The van der Waals surface area contributed by atoms with E-state index in [4.69, 9.17) is 4.98 Å². The SMILES string of the molecule is CCCNc1cccc(N(CC)C(C)CN(C)C)n1. The second-order valence-corrected chi connectivity index (χ2v) is 5.21. The molecule has 0 spiro atoms. The van der Waals surface area contributed by atoms with Gasteiger partial charge < -0.3 is 15.1 Å². The number of anilines is 2. The van der Waals surface area contributed by atoms with Crippen LogP contribution in [0.25, 0.3) is 0 Å². The molecule has 19 heavy (non-hydrogen) atoms. The lowest BCUT2D eigenvalue weighted by Crippen LogP contribution is -2.40. The molecule has 1 heterocycles. The van der Waals surface area contributed by atoms with Gasteiger partial charge in [0.2, 0.25) is 0 Å². The molecule has 1 atom stereocenters. The molecule has 1 unspecified atom stereocenters. The fourth-order valence-corrected chi connectivity index (χ4v) is 2.26. The minimum Gasteiger partial charge on any atom is -0.370 e. The predicted molar refractivity (Wildman–Crippen MR) is 84.1 cm³/mol. The molecule has 1 N–H and O–H groups in total. The van der Waals surface area contributed by atoms with Gasteiger partial charge in [0, 0.05) is 25.7 Å². The maximum atomic E-state index is 4.71. The van der Waals surface area contributed by atoms with Gasteiger partial charge >= 0.3 is 0 Å². The number of likely N-dealkylation sites (N-methyl/N-ethyl adjacent to an activating group) is 2. The average Bonchev–Trinajstić information content (AvgIpc) is 2.37. The van der Waals surface area contributed by atoms with Gasteiger partial charge in [-0.2, -0.15) is 0 Å². The molecule has 1 aromatic heterocycles. The highest BCUT2D eigenvalue weighted by molar-refractivity contribution is 5.47. The fraction of sp³-hybridized carbons (Fsp3) is 0.667. The summed E-state index contributed by atoms with van der Waals surface area (Å²) in [7, 11) is 4.22. The molecule has 0 radical (unpaired) electrons. The van der Waals surface area contributed by atoms with Crippen LogP contribution in [0.15, 0.2) is 18.2 Å². The van der Waals surface area contributed by atoms with Crippen molar-refractivity contribution in [2.45, 2.75) is 33.2 Å². The van der Waals surface area contributed by atoms with E-state index in [1.54, 1.807) is 0 Å². The van der Waals surface area contributed by atoms with E-state index in [1.165, 1.54) is 0 Å². The lowest BCUT2D eigenvalue weighted by atomic mass is 10.2. The Hall–Kier alpha value is -1.29. The van der Waals surface area contributed by atoms with Crippen LogP contribution in [0.3, 0.4) is 0 Å². The summed E-state index contributed by atoms with van der Waals surface area (Å²) in [6.07, 6.45) is 1.11. The molecule has 0 aliphatic heterocycles. The second-order valence-electron chi connectivity index (χ2n) is 5.21. The Bertz CT molecular complexity index is 365. The smallest absolute Gasteiger partial charge is 0.131 e. The molecule has 0 saturated carbocycles. The standard InChI is InChI=1S/C15H28N4/c1-6-11-16-14-9-8-10-15(17-14)19(7-2)13(3)12-18(4)5/h8-10,13H,6-7,11-12H2,1-5H3,(H,16,17). The Kier molecular flexibility index (Phi) is 6.64. The van der Waals surface area contributed by atoms with Crippen molar-refractivity contribution in [1.29, 1.82) is 0 Å². The third-order valence-electron chi connectivity index (χ3n) is 3.09. The maximum absolute atomic E-state index is 4.71. The summed E-state index contributed by atoms with van der Waals surface area (Å²) in [5.74, 6) is 2.02. The summed E-state index contributed by atoms with van der Waals surface area (Å²) >= 11 is 0. The number of nitrogens with one attached hydrogen (secondary N) is 1. The number of pyridine rings is 1. The summed E-state index contributed by atoms with van der Waals surface area (Å²) in [6, 6.07) is 6.65. The molecular weight excluding hydrogens is 236 g/mol.